The van der Waals surface area contributed by atoms with Gasteiger partial charge in [0.05, 0.1) is 4.90 Å². The minimum atomic E-state index is -3.89. The summed E-state index contributed by atoms with van der Waals surface area (Å²) in [5.41, 5.74) is 0.974. The number of hydrogen-bond donors (Lipinski definition) is 3. The van der Waals surface area contributed by atoms with Gasteiger partial charge in [-0.15, -0.1) is 0 Å². The van der Waals surface area contributed by atoms with Crippen LogP contribution in [0.1, 0.15) is 32.2 Å². The van der Waals surface area contributed by atoms with Crippen LogP contribution in [0.2, 0.25) is 0 Å². The van der Waals surface area contributed by atoms with Gasteiger partial charge in [0.25, 0.3) is 10.0 Å². The minimum Gasteiger partial charge on any atom is -0.444 e. The smallest absolute Gasteiger partial charge is 0.408 e. The number of carbonyl (C=O) groups is 2. The van der Waals surface area contributed by atoms with E-state index in [1.165, 1.54) is 24.3 Å². The van der Waals surface area contributed by atoms with Crippen molar-refractivity contribution in [3.63, 3.8) is 0 Å². The Morgan fingerprint density at radius 3 is 2.13 bits per heavy atom. The number of aromatic nitrogens is 2. The standard InChI is InChI=1S/C19H25N5O5S/c1-12-10-13(2)22-17(21-12)24-30(27,28)15-8-6-14(7-9-15)23-16(25)11-20-18(26)29-19(3,4)5/h6-10H,11H2,1-5H3,(H,20,26)(H,23,25)(H,21,22,24). The molecule has 2 rings (SSSR count). The quantitative estimate of drug-likeness (QED) is 0.633. The molecule has 0 aliphatic carbocycles. The third-order valence-electron chi connectivity index (χ3n) is 3.45. The van der Waals surface area contributed by atoms with Gasteiger partial charge in [-0.3, -0.25) is 4.79 Å². The first-order valence-electron chi connectivity index (χ1n) is 9.06. The number of anilines is 2. The van der Waals surface area contributed by atoms with Crippen molar-refractivity contribution in [2.75, 3.05) is 16.6 Å². The van der Waals surface area contributed by atoms with Crippen molar-refractivity contribution in [3.05, 3.63) is 41.7 Å². The molecule has 0 fully saturated rings. The number of amides is 2. The van der Waals surface area contributed by atoms with E-state index in [1.807, 2.05) is 0 Å². The number of ether oxygens (including phenoxy) is 1. The second-order valence-corrected chi connectivity index (χ2v) is 9.19. The van der Waals surface area contributed by atoms with Crippen molar-refractivity contribution in [2.24, 2.45) is 0 Å². The summed E-state index contributed by atoms with van der Waals surface area (Å²) in [4.78, 5) is 31.6. The van der Waals surface area contributed by atoms with Crippen LogP contribution in [-0.2, 0) is 19.6 Å². The van der Waals surface area contributed by atoms with Gasteiger partial charge < -0.3 is 15.4 Å². The highest BCUT2D eigenvalue weighted by atomic mass is 32.2. The van der Waals surface area contributed by atoms with Crippen LogP contribution in [0.4, 0.5) is 16.4 Å². The monoisotopic (exact) mass is 435 g/mol. The van der Waals surface area contributed by atoms with Gasteiger partial charge in [-0.05, 0) is 65.0 Å². The summed E-state index contributed by atoms with van der Waals surface area (Å²) in [7, 11) is -3.89. The summed E-state index contributed by atoms with van der Waals surface area (Å²) >= 11 is 0. The Morgan fingerprint density at radius 1 is 1.03 bits per heavy atom. The zero-order valence-electron chi connectivity index (χ0n) is 17.4. The molecule has 0 saturated heterocycles. The first-order valence-corrected chi connectivity index (χ1v) is 10.5. The Kier molecular flexibility index (Phi) is 6.98. The molecule has 0 atom stereocenters. The molecule has 0 aliphatic heterocycles. The lowest BCUT2D eigenvalue weighted by Crippen LogP contribution is -2.37. The van der Waals surface area contributed by atoms with Gasteiger partial charge in [-0.25, -0.2) is 27.9 Å². The summed E-state index contributed by atoms with van der Waals surface area (Å²) in [5.74, 6) is -0.503. The van der Waals surface area contributed by atoms with Crippen LogP contribution in [0.3, 0.4) is 0 Å². The zero-order chi connectivity index (χ0) is 22.5. The second kappa shape index (κ2) is 9.08. The number of nitrogens with zero attached hydrogens (tertiary/aromatic N) is 2. The number of rotatable bonds is 6. The molecule has 0 unspecified atom stereocenters. The molecule has 11 heteroatoms. The highest BCUT2D eigenvalue weighted by Crippen LogP contribution is 2.17. The van der Waals surface area contributed by atoms with Gasteiger partial charge in [0, 0.05) is 17.1 Å². The molecule has 3 N–H and O–H groups in total. The number of nitrogens with one attached hydrogen (secondary N) is 3. The summed E-state index contributed by atoms with van der Waals surface area (Å²) < 4.78 is 32.4. The first kappa shape index (κ1) is 23.1. The third-order valence-corrected chi connectivity index (χ3v) is 4.79. The Labute approximate surface area is 175 Å². The number of benzene rings is 1. The predicted octanol–water partition coefficient (Wildman–Crippen LogP) is 2.36. The molecule has 0 spiro atoms. The first-order chi connectivity index (χ1) is 13.8. The topological polar surface area (TPSA) is 139 Å². The van der Waals surface area contributed by atoms with E-state index < -0.39 is 27.6 Å². The van der Waals surface area contributed by atoms with Crippen LogP contribution in [0.5, 0.6) is 0 Å². The minimum absolute atomic E-state index is 0.0157. The lowest BCUT2D eigenvalue weighted by atomic mass is 10.2. The van der Waals surface area contributed by atoms with Crippen molar-refractivity contribution in [3.8, 4) is 0 Å². The van der Waals surface area contributed by atoms with E-state index in [0.29, 0.717) is 17.1 Å². The molecule has 0 saturated carbocycles. The SMILES string of the molecule is Cc1cc(C)nc(NS(=O)(=O)c2ccc(NC(=O)CNC(=O)OC(C)(C)C)cc2)n1. The Morgan fingerprint density at radius 2 is 1.60 bits per heavy atom. The second-order valence-electron chi connectivity index (χ2n) is 7.51. The van der Waals surface area contributed by atoms with E-state index in [1.54, 1.807) is 40.7 Å². The van der Waals surface area contributed by atoms with Crippen molar-refractivity contribution in [1.82, 2.24) is 15.3 Å². The molecule has 10 nitrogen and oxygen atoms in total. The van der Waals surface area contributed by atoms with Gasteiger partial charge in [0.2, 0.25) is 11.9 Å². The van der Waals surface area contributed by atoms with E-state index in [4.69, 9.17) is 4.74 Å². The van der Waals surface area contributed by atoms with Crippen LogP contribution < -0.4 is 15.4 Å². The lowest BCUT2D eigenvalue weighted by Gasteiger charge is -2.19. The Balaban J connectivity index is 1.96. The molecule has 1 aromatic carbocycles. The van der Waals surface area contributed by atoms with Crippen LogP contribution in [0.15, 0.2) is 35.2 Å². The van der Waals surface area contributed by atoms with Crippen molar-refractivity contribution >= 4 is 33.7 Å². The van der Waals surface area contributed by atoms with E-state index >= 15 is 0 Å². The largest absolute Gasteiger partial charge is 0.444 e. The Bertz CT molecular complexity index is 1010. The van der Waals surface area contributed by atoms with Gasteiger partial charge in [-0.2, -0.15) is 0 Å². The fraction of sp³-hybridized carbons (Fsp3) is 0.368. The summed E-state index contributed by atoms with van der Waals surface area (Å²) in [6.45, 7) is 8.32. The molecule has 0 bridgehead atoms. The summed E-state index contributed by atoms with van der Waals surface area (Å²) in [5, 5.41) is 4.89. The van der Waals surface area contributed by atoms with Gasteiger partial charge in [-0.1, -0.05) is 0 Å². The molecule has 1 aromatic heterocycles. The van der Waals surface area contributed by atoms with Crippen LogP contribution in [0, 0.1) is 13.8 Å². The van der Waals surface area contributed by atoms with E-state index in [9.17, 15) is 18.0 Å². The number of hydrogen-bond acceptors (Lipinski definition) is 7. The molecule has 0 aliphatic rings. The van der Waals surface area contributed by atoms with Crippen molar-refractivity contribution in [2.45, 2.75) is 45.1 Å². The fourth-order valence-corrected chi connectivity index (χ4v) is 3.28. The third kappa shape index (κ3) is 7.32. The molecule has 162 valence electrons. The highest BCUT2D eigenvalue weighted by Gasteiger charge is 2.18. The van der Waals surface area contributed by atoms with E-state index in [2.05, 4.69) is 25.3 Å². The lowest BCUT2D eigenvalue weighted by molar-refractivity contribution is -0.115. The van der Waals surface area contributed by atoms with Crippen LogP contribution >= 0.6 is 0 Å². The summed E-state index contributed by atoms with van der Waals surface area (Å²) in [6.07, 6.45) is -0.709. The maximum Gasteiger partial charge on any atom is 0.408 e. The molecule has 30 heavy (non-hydrogen) atoms. The average molecular weight is 436 g/mol. The average Bonchev–Trinajstić information content (AvgIpc) is 2.57. The van der Waals surface area contributed by atoms with Crippen molar-refractivity contribution < 1.29 is 22.7 Å². The molecule has 2 aromatic rings. The number of carbonyl (C=O) groups excluding carboxylic acids is 2. The number of sulfonamides is 1. The molecular formula is C19H25N5O5S. The van der Waals surface area contributed by atoms with Crippen LogP contribution in [-0.4, -0.2) is 42.5 Å². The predicted molar refractivity (Wildman–Crippen MR) is 112 cm³/mol. The zero-order valence-corrected chi connectivity index (χ0v) is 18.3. The molecule has 0 radical (unpaired) electrons. The molecule has 1 heterocycles. The molecule has 2 amide bonds. The van der Waals surface area contributed by atoms with Gasteiger partial charge in [0.15, 0.2) is 0 Å². The van der Waals surface area contributed by atoms with Crippen LogP contribution in [0.25, 0.3) is 0 Å². The maximum atomic E-state index is 12.5. The Hall–Kier alpha value is -3.21. The fourth-order valence-electron chi connectivity index (χ4n) is 2.34. The molecular weight excluding hydrogens is 410 g/mol. The maximum absolute atomic E-state index is 12.5. The highest BCUT2D eigenvalue weighted by molar-refractivity contribution is 7.92. The number of alkyl carbamates (subject to hydrolysis) is 1. The summed E-state index contributed by atoms with van der Waals surface area (Å²) in [6, 6.07) is 7.27. The van der Waals surface area contributed by atoms with Gasteiger partial charge in [0.1, 0.15) is 12.1 Å². The van der Waals surface area contributed by atoms with E-state index in [-0.39, 0.29) is 17.4 Å². The van der Waals surface area contributed by atoms with Crippen molar-refractivity contribution in [1.29, 1.82) is 0 Å². The van der Waals surface area contributed by atoms with E-state index in [0.717, 1.165) is 0 Å². The van der Waals surface area contributed by atoms with Gasteiger partial charge >= 0.3 is 6.09 Å². The number of aryl methyl sites for hydroxylation is 2. The normalized spacial score (nSPS) is 11.5.